The molecule has 0 fully saturated rings. The van der Waals surface area contributed by atoms with Gasteiger partial charge in [0.2, 0.25) is 5.89 Å². The molecule has 0 aliphatic heterocycles. The van der Waals surface area contributed by atoms with Crippen LogP contribution in [0.25, 0.3) is 0 Å². The Morgan fingerprint density at radius 2 is 1.75 bits per heavy atom. The van der Waals surface area contributed by atoms with Crippen LogP contribution in [0.4, 0.5) is 4.39 Å². The Morgan fingerprint density at radius 3 is 2.46 bits per heavy atom. The quantitative estimate of drug-likeness (QED) is 0.611. The number of halogens is 1. The molecule has 0 spiro atoms. The van der Waals surface area contributed by atoms with Crippen LogP contribution in [0.3, 0.4) is 0 Å². The number of thioether (sulfide) groups is 1. The van der Waals surface area contributed by atoms with E-state index < -0.39 is 0 Å². The van der Waals surface area contributed by atoms with Crippen molar-refractivity contribution in [1.82, 2.24) is 10.2 Å². The smallest absolute Gasteiger partial charge is 0.276 e. The summed E-state index contributed by atoms with van der Waals surface area (Å²) >= 11 is 1.51. The van der Waals surface area contributed by atoms with E-state index in [1.807, 2.05) is 0 Å². The van der Waals surface area contributed by atoms with Crippen molar-refractivity contribution >= 4 is 11.8 Å². The molecule has 0 saturated heterocycles. The third-order valence-electron chi connectivity index (χ3n) is 3.93. The average molecular weight is 342 g/mol. The van der Waals surface area contributed by atoms with Gasteiger partial charge in [0.25, 0.3) is 5.22 Å². The third kappa shape index (κ3) is 3.85. The monoisotopic (exact) mass is 342 g/mol. The number of benzene rings is 2. The first-order valence-electron chi connectivity index (χ1n) is 7.78. The minimum absolute atomic E-state index is 0.254. The molecule has 0 atom stereocenters. The summed E-state index contributed by atoms with van der Waals surface area (Å²) in [4.78, 5) is 0. The molecular formula is C19H19FN2OS. The van der Waals surface area contributed by atoms with Crippen LogP contribution in [0, 0.1) is 26.6 Å². The zero-order valence-corrected chi connectivity index (χ0v) is 14.8. The highest BCUT2D eigenvalue weighted by Crippen LogP contribution is 2.26. The van der Waals surface area contributed by atoms with Crippen LogP contribution < -0.4 is 0 Å². The second-order valence-corrected chi connectivity index (χ2v) is 6.82. The van der Waals surface area contributed by atoms with Crippen LogP contribution in [0.2, 0.25) is 0 Å². The summed E-state index contributed by atoms with van der Waals surface area (Å²) in [6.45, 7) is 6.34. The van der Waals surface area contributed by atoms with Crippen LogP contribution in [0.1, 0.15) is 33.7 Å². The normalized spacial score (nSPS) is 11.0. The molecule has 2 aromatic carbocycles. The van der Waals surface area contributed by atoms with E-state index in [4.69, 9.17) is 4.42 Å². The molecule has 1 heterocycles. The Balaban J connectivity index is 1.68. The molecule has 3 rings (SSSR count). The number of nitrogens with zero attached hydrogens (tertiary/aromatic N) is 2. The van der Waals surface area contributed by atoms with Crippen LogP contribution >= 0.6 is 11.8 Å². The second-order valence-electron chi connectivity index (χ2n) is 5.90. The maximum Gasteiger partial charge on any atom is 0.276 e. The largest absolute Gasteiger partial charge is 0.416 e. The van der Waals surface area contributed by atoms with Crippen molar-refractivity contribution in [3.63, 3.8) is 0 Å². The lowest BCUT2D eigenvalue weighted by atomic mass is 10.0. The van der Waals surface area contributed by atoms with E-state index >= 15 is 0 Å². The van der Waals surface area contributed by atoms with Crippen molar-refractivity contribution in [2.75, 3.05) is 0 Å². The van der Waals surface area contributed by atoms with Gasteiger partial charge in [0.15, 0.2) is 0 Å². The van der Waals surface area contributed by atoms with Gasteiger partial charge in [-0.05, 0) is 49.1 Å². The molecule has 0 radical (unpaired) electrons. The fourth-order valence-corrected chi connectivity index (χ4v) is 3.72. The highest BCUT2D eigenvalue weighted by Gasteiger charge is 2.12. The van der Waals surface area contributed by atoms with Gasteiger partial charge in [-0.25, -0.2) is 4.39 Å². The maximum absolute atomic E-state index is 13.7. The number of aromatic nitrogens is 2. The standard InChI is InChI=1S/C19H19FN2OS/c1-12-8-13(2)16(14(3)9-12)11-24-19-22-21-18(23-19)10-15-6-4-5-7-17(15)20/h4-9H,10-11H2,1-3H3. The third-order valence-corrected chi connectivity index (χ3v) is 4.77. The molecule has 0 aliphatic carbocycles. The van der Waals surface area contributed by atoms with Crippen LogP contribution in [-0.4, -0.2) is 10.2 Å². The van der Waals surface area contributed by atoms with Gasteiger partial charge in [-0.2, -0.15) is 0 Å². The SMILES string of the molecule is Cc1cc(C)c(CSc2nnc(Cc3ccccc3F)o2)c(C)c1. The highest BCUT2D eigenvalue weighted by molar-refractivity contribution is 7.98. The van der Waals surface area contributed by atoms with Crippen molar-refractivity contribution in [3.8, 4) is 0 Å². The van der Waals surface area contributed by atoms with Crippen molar-refractivity contribution < 1.29 is 8.81 Å². The van der Waals surface area contributed by atoms with Gasteiger partial charge in [0, 0.05) is 5.75 Å². The fourth-order valence-electron chi connectivity index (χ4n) is 2.74. The first-order chi connectivity index (χ1) is 11.5. The molecular weight excluding hydrogens is 323 g/mol. The Hall–Kier alpha value is -2.14. The Kier molecular flexibility index (Phi) is 5.00. The van der Waals surface area contributed by atoms with Gasteiger partial charge in [-0.15, -0.1) is 10.2 Å². The summed E-state index contributed by atoms with van der Waals surface area (Å²) in [6, 6.07) is 11.0. The molecule has 24 heavy (non-hydrogen) atoms. The van der Waals surface area contributed by atoms with Crippen molar-refractivity contribution in [2.45, 2.75) is 38.2 Å². The van der Waals surface area contributed by atoms with E-state index in [-0.39, 0.29) is 5.82 Å². The minimum Gasteiger partial charge on any atom is -0.416 e. The molecule has 3 nitrogen and oxygen atoms in total. The van der Waals surface area contributed by atoms with E-state index in [1.54, 1.807) is 18.2 Å². The molecule has 0 unspecified atom stereocenters. The van der Waals surface area contributed by atoms with E-state index in [2.05, 4.69) is 43.1 Å². The topological polar surface area (TPSA) is 38.9 Å². The maximum atomic E-state index is 13.7. The van der Waals surface area contributed by atoms with Gasteiger partial charge < -0.3 is 4.42 Å². The Labute approximate surface area is 145 Å². The summed E-state index contributed by atoms with van der Waals surface area (Å²) in [6.07, 6.45) is 0.308. The summed E-state index contributed by atoms with van der Waals surface area (Å²) in [5, 5.41) is 8.59. The highest BCUT2D eigenvalue weighted by atomic mass is 32.2. The van der Waals surface area contributed by atoms with Gasteiger partial charge in [0.1, 0.15) is 5.82 Å². The van der Waals surface area contributed by atoms with E-state index in [0.717, 1.165) is 5.75 Å². The predicted molar refractivity (Wildman–Crippen MR) is 93.7 cm³/mol. The predicted octanol–water partition coefficient (Wildman–Crippen LogP) is 5.02. The van der Waals surface area contributed by atoms with Crippen LogP contribution in [-0.2, 0) is 12.2 Å². The zero-order valence-electron chi connectivity index (χ0n) is 14.0. The number of aryl methyl sites for hydroxylation is 3. The zero-order chi connectivity index (χ0) is 17.1. The Bertz CT molecular complexity index is 837. The van der Waals surface area contributed by atoms with Crippen LogP contribution in [0.5, 0.6) is 0 Å². The molecule has 0 amide bonds. The number of hydrogen-bond acceptors (Lipinski definition) is 4. The molecule has 3 aromatic rings. The van der Waals surface area contributed by atoms with Gasteiger partial charge in [0.05, 0.1) is 6.42 Å². The van der Waals surface area contributed by atoms with Crippen LogP contribution in [0.15, 0.2) is 46.0 Å². The van der Waals surface area contributed by atoms with E-state index in [9.17, 15) is 4.39 Å². The first-order valence-corrected chi connectivity index (χ1v) is 8.77. The summed E-state index contributed by atoms with van der Waals surface area (Å²) in [7, 11) is 0. The van der Waals surface area contributed by atoms with E-state index in [0.29, 0.717) is 23.1 Å². The minimum atomic E-state index is -0.254. The van der Waals surface area contributed by atoms with Gasteiger partial charge in [-0.3, -0.25) is 0 Å². The van der Waals surface area contributed by atoms with E-state index in [1.165, 1.54) is 40.1 Å². The molecule has 5 heteroatoms. The molecule has 124 valence electrons. The lowest BCUT2D eigenvalue weighted by molar-refractivity contribution is 0.418. The summed E-state index contributed by atoms with van der Waals surface area (Å²) in [5.74, 6) is 0.954. The molecule has 0 saturated carbocycles. The van der Waals surface area contributed by atoms with Gasteiger partial charge >= 0.3 is 0 Å². The Morgan fingerprint density at radius 1 is 1.04 bits per heavy atom. The molecule has 0 bridgehead atoms. The molecule has 0 N–H and O–H groups in total. The van der Waals surface area contributed by atoms with Crippen molar-refractivity contribution in [3.05, 3.63) is 75.9 Å². The fraction of sp³-hybridized carbons (Fsp3) is 0.263. The second kappa shape index (κ2) is 7.18. The van der Waals surface area contributed by atoms with Crippen molar-refractivity contribution in [1.29, 1.82) is 0 Å². The summed E-state index contributed by atoms with van der Waals surface area (Å²) in [5.41, 5.74) is 5.66. The lowest BCUT2D eigenvalue weighted by Crippen LogP contribution is -1.93. The summed E-state index contributed by atoms with van der Waals surface area (Å²) < 4.78 is 19.3. The molecule has 1 aromatic heterocycles. The number of hydrogen-bond donors (Lipinski definition) is 0. The first kappa shape index (κ1) is 16.7. The van der Waals surface area contributed by atoms with Crippen molar-refractivity contribution in [2.24, 2.45) is 0 Å². The molecule has 0 aliphatic rings. The average Bonchev–Trinajstić information content (AvgIpc) is 2.96. The number of rotatable bonds is 5. The van der Waals surface area contributed by atoms with Gasteiger partial charge in [-0.1, -0.05) is 47.7 Å². The lowest BCUT2D eigenvalue weighted by Gasteiger charge is -2.09.